The first-order chi connectivity index (χ1) is 7.59. The Bertz CT molecular complexity index is 398. The topological polar surface area (TPSA) is 33.2 Å². The lowest BCUT2D eigenvalue weighted by Gasteiger charge is -2.16. The molecule has 0 radical (unpaired) electrons. The maximum atomic E-state index is 13.4. The van der Waals surface area contributed by atoms with Gasteiger partial charge in [0.25, 0.3) is 5.91 Å². The largest absolute Gasteiger partial charge is 0.338 e. The quantitative estimate of drug-likeness (QED) is 0.727. The van der Waals surface area contributed by atoms with Gasteiger partial charge in [-0.25, -0.2) is 4.39 Å². The molecule has 3 nitrogen and oxygen atoms in total. The van der Waals surface area contributed by atoms with Gasteiger partial charge in [0.1, 0.15) is 0 Å². The zero-order valence-electron chi connectivity index (χ0n) is 9.48. The van der Waals surface area contributed by atoms with Crippen LogP contribution in [0, 0.1) is 17.7 Å². The molecule has 0 saturated carbocycles. The van der Waals surface area contributed by atoms with Crippen LogP contribution >= 0.6 is 0 Å². The van der Waals surface area contributed by atoms with Crippen LogP contribution in [0.2, 0.25) is 0 Å². The van der Waals surface area contributed by atoms with E-state index >= 15 is 0 Å². The minimum Gasteiger partial charge on any atom is -0.338 e. The third-order valence-corrected chi connectivity index (χ3v) is 3.28. The van der Waals surface area contributed by atoms with Gasteiger partial charge in [-0.2, -0.15) is 0 Å². The minimum absolute atomic E-state index is 0.122. The van der Waals surface area contributed by atoms with Crippen molar-refractivity contribution in [2.75, 3.05) is 13.1 Å². The normalized spacial score (nSPS) is 24.8. The Hall–Kier alpha value is -1.45. The second-order valence-electron chi connectivity index (χ2n) is 4.52. The Morgan fingerprint density at radius 3 is 2.62 bits per heavy atom. The highest BCUT2D eigenvalue weighted by molar-refractivity contribution is 5.94. The Balaban J connectivity index is 2.18. The first-order valence-electron chi connectivity index (χ1n) is 5.48. The number of nitrogens with zero attached hydrogens (tertiary/aromatic N) is 2. The second kappa shape index (κ2) is 4.20. The molecule has 0 aromatic carbocycles. The number of hydrogen-bond acceptors (Lipinski definition) is 2. The molecule has 1 saturated heterocycles. The number of hydrogen-bond donors (Lipinski definition) is 0. The molecule has 2 unspecified atom stereocenters. The van der Waals surface area contributed by atoms with Crippen molar-refractivity contribution < 1.29 is 9.18 Å². The van der Waals surface area contributed by atoms with E-state index in [1.54, 1.807) is 4.90 Å². The highest BCUT2D eigenvalue weighted by Crippen LogP contribution is 2.24. The summed E-state index contributed by atoms with van der Waals surface area (Å²) in [6, 6.07) is 1.44. The summed E-state index contributed by atoms with van der Waals surface area (Å²) in [5.41, 5.74) is 0.122. The number of likely N-dealkylation sites (tertiary alicyclic amines) is 1. The Kier molecular flexibility index (Phi) is 2.90. The average Bonchev–Trinajstić information content (AvgIpc) is 2.59. The molecule has 0 N–H and O–H groups in total. The van der Waals surface area contributed by atoms with E-state index in [1.165, 1.54) is 12.3 Å². The van der Waals surface area contributed by atoms with Gasteiger partial charge in [-0.3, -0.25) is 9.78 Å². The zero-order valence-corrected chi connectivity index (χ0v) is 9.48. The maximum absolute atomic E-state index is 13.4. The highest BCUT2D eigenvalue weighted by Gasteiger charge is 2.30. The van der Waals surface area contributed by atoms with Crippen LogP contribution in [0.1, 0.15) is 24.2 Å². The molecule has 86 valence electrons. The van der Waals surface area contributed by atoms with Gasteiger partial charge in [-0.15, -0.1) is 0 Å². The predicted octanol–water partition coefficient (Wildman–Crippen LogP) is 1.95. The molecular weight excluding hydrogens is 207 g/mol. The van der Waals surface area contributed by atoms with Gasteiger partial charge in [0.05, 0.1) is 11.8 Å². The number of pyridine rings is 1. The monoisotopic (exact) mass is 222 g/mol. The summed E-state index contributed by atoms with van der Waals surface area (Å²) in [7, 11) is 0. The zero-order chi connectivity index (χ0) is 11.7. The van der Waals surface area contributed by atoms with Crippen molar-refractivity contribution in [3.63, 3.8) is 0 Å². The molecule has 1 aliphatic heterocycles. The van der Waals surface area contributed by atoms with E-state index in [4.69, 9.17) is 0 Å². The van der Waals surface area contributed by atoms with Crippen LogP contribution in [0.3, 0.4) is 0 Å². The molecule has 1 aromatic rings. The fourth-order valence-electron chi connectivity index (χ4n) is 2.01. The summed E-state index contributed by atoms with van der Waals surface area (Å²) in [5, 5.41) is 0. The van der Waals surface area contributed by atoms with Crippen LogP contribution in [0.4, 0.5) is 4.39 Å². The highest BCUT2D eigenvalue weighted by atomic mass is 19.1. The van der Waals surface area contributed by atoms with Crippen LogP contribution in [0.25, 0.3) is 0 Å². The van der Waals surface area contributed by atoms with E-state index in [0.717, 1.165) is 6.20 Å². The molecular formula is C12H15FN2O. The first-order valence-corrected chi connectivity index (χ1v) is 5.48. The van der Waals surface area contributed by atoms with Gasteiger partial charge >= 0.3 is 0 Å². The maximum Gasteiger partial charge on any atom is 0.256 e. The number of aromatic nitrogens is 1. The number of amides is 1. The fourth-order valence-corrected chi connectivity index (χ4v) is 2.01. The smallest absolute Gasteiger partial charge is 0.256 e. The molecule has 2 atom stereocenters. The molecule has 2 rings (SSSR count). The summed E-state index contributed by atoms with van der Waals surface area (Å²) >= 11 is 0. The van der Waals surface area contributed by atoms with Crippen LogP contribution in [-0.2, 0) is 0 Å². The summed E-state index contributed by atoms with van der Waals surface area (Å²) in [6.07, 6.45) is 2.52. The van der Waals surface area contributed by atoms with Crippen molar-refractivity contribution >= 4 is 5.91 Å². The lowest BCUT2D eigenvalue weighted by atomic mass is 10.0. The van der Waals surface area contributed by atoms with Crippen LogP contribution in [0.5, 0.6) is 0 Å². The van der Waals surface area contributed by atoms with E-state index in [2.05, 4.69) is 18.8 Å². The van der Waals surface area contributed by atoms with Crippen LogP contribution < -0.4 is 0 Å². The van der Waals surface area contributed by atoms with Crippen LogP contribution in [0.15, 0.2) is 18.5 Å². The molecule has 0 aliphatic carbocycles. The fraction of sp³-hybridized carbons (Fsp3) is 0.500. The van der Waals surface area contributed by atoms with Crippen molar-refractivity contribution in [2.45, 2.75) is 13.8 Å². The molecule has 16 heavy (non-hydrogen) atoms. The standard InChI is InChI=1S/C12H15FN2O/c1-8-6-15(7-9(8)2)12(16)10-3-4-14-5-11(10)13/h3-5,8-9H,6-7H2,1-2H3. The predicted molar refractivity (Wildman–Crippen MR) is 58.4 cm³/mol. The molecule has 0 spiro atoms. The summed E-state index contributed by atoms with van der Waals surface area (Å²) in [6.45, 7) is 5.64. The molecule has 1 amide bonds. The van der Waals surface area contributed by atoms with Gasteiger partial charge in [-0.05, 0) is 17.9 Å². The molecule has 0 bridgehead atoms. The summed E-state index contributed by atoms with van der Waals surface area (Å²) in [5.74, 6) is 0.193. The van der Waals surface area contributed by atoms with Gasteiger partial charge in [0.2, 0.25) is 0 Å². The van der Waals surface area contributed by atoms with Crippen molar-refractivity contribution in [2.24, 2.45) is 11.8 Å². The number of halogens is 1. The lowest BCUT2D eigenvalue weighted by molar-refractivity contribution is 0.0780. The van der Waals surface area contributed by atoms with E-state index in [9.17, 15) is 9.18 Å². The molecule has 1 aromatic heterocycles. The van der Waals surface area contributed by atoms with Gasteiger partial charge in [0, 0.05) is 19.3 Å². The van der Waals surface area contributed by atoms with E-state index in [-0.39, 0.29) is 11.5 Å². The van der Waals surface area contributed by atoms with Gasteiger partial charge < -0.3 is 4.90 Å². The summed E-state index contributed by atoms with van der Waals surface area (Å²) in [4.78, 5) is 17.4. The number of carbonyl (C=O) groups excluding carboxylic acids is 1. The van der Waals surface area contributed by atoms with E-state index in [1.807, 2.05) is 0 Å². The Morgan fingerprint density at radius 2 is 2.06 bits per heavy atom. The molecule has 1 aliphatic rings. The van der Waals surface area contributed by atoms with Crippen LogP contribution in [-0.4, -0.2) is 28.9 Å². The third kappa shape index (κ3) is 1.92. The number of rotatable bonds is 1. The Morgan fingerprint density at radius 1 is 1.44 bits per heavy atom. The molecule has 1 fully saturated rings. The molecule has 2 heterocycles. The molecule has 4 heteroatoms. The van der Waals surface area contributed by atoms with Crippen molar-refractivity contribution in [1.29, 1.82) is 0 Å². The van der Waals surface area contributed by atoms with Crippen molar-refractivity contribution in [3.05, 3.63) is 29.8 Å². The van der Waals surface area contributed by atoms with E-state index < -0.39 is 5.82 Å². The van der Waals surface area contributed by atoms with Crippen molar-refractivity contribution in [1.82, 2.24) is 9.88 Å². The van der Waals surface area contributed by atoms with Crippen molar-refractivity contribution in [3.8, 4) is 0 Å². The first kappa shape index (κ1) is 11.0. The second-order valence-corrected chi connectivity index (χ2v) is 4.52. The lowest BCUT2D eigenvalue weighted by Crippen LogP contribution is -2.29. The minimum atomic E-state index is -0.542. The number of carbonyl (C=O) groups is 1. The summed E-state index contributed by atoms with van der Waals surface area (Å²) < 4.78 is 13.4. The van der Waals surface area contributed by atoms with Gasteiger partial charge in [-0.1, -0.05) is 13.8 Å². The van der Waals surface area contributed by atoms with E-state index in [0.29, 0.717) is 24.9 Å². The Labute approximate surface area is 94.3 Å². The average molecular weight is 222 g/mol. The third-order valence-electron chi connectivity index (χ3n) is 3.28. The SMILES string of the molecule is CC1CN(C(=O)c2ccncc2F)CC1C. The van der Waals surface area contributed by atoms with Gasteiger partial charge in [0.15, 0.2) is 5.82 Å².